The van der Waals surface area contributed by atoms with E-state index in [1.165, 1.54) is 44.1 Å². The fraction of sp³-hybridized carbons (Fsp3) is 0.667. The van der Waals surface area contributed by atoms with Gasteiger partial charge in [-0.05, 0) is 55.2 Å². The van der Waals surface area contributed by atoms with Gasteiger partial charge >= 0.3 is 5.97 Å². The minimum Gasteiger partial charge on any atom is -0.493 e. The summed E-state index contributed by atoms with van der Waals surface area (Å²) in [6.45, 7) is 3.26. The standard InChI is InChI=1S/C21H32O3S/c1-2-4-17-5-7-18(8-6-17)19-9-11-20(12-10-19)23-14-3-15-24-21(22)13-16-25/h9-12,17-18,25H,2-8,13-16H2,1H3/t17-,18-. The third kappa shape index (κ3) is 7.31. The van der Waals surface area contributed by atoms with Crippen molar-refractivity contribution in [2.45, 2.75) is 64.2 Å². The van der Waals surface area contributed by atoms with E-state index in [-0.39, 0.29) is 5.97 Å². The molecule has 0 spiro atoms. The first kappa shape index (κ1) is 20.2. The van der Waals surface area contributed by atoms with Crippen LogP contribution in [0.4, 0.5) is 0 Å². The molecule has 0 unspecified atom stereocenters. The Morgan fingerprint density at radius 1 is 1.12 bits per heavy atom. The van der Waals surface area contributed by atoms with Crippen molar-refractivity contribution in [3.8, 4) is 5.75 Å². The van der Waals surface area contributed by atoms with Crippen LogP contribution in [0.3, 0.4) is 0 Å². The summed E-state index contributed by atoms with van der Waals surface area (Å²) in [4.78, 5) is 11.2. The Morgan fingerprint density at radius 2 is 1.84 bits per heavy atom. The highest BCUT2D eigenvalue weighted by molar-refractivity contribution is 7.80. The molecule has 1 aromatic carbocycles. The monoisotopic (exact) mass is 364 g/mol. The number of hydrogen-bond acceptors (Lipinski definition) is 4. The van der Waals surface area contributed by atoms with E-state index in [1.807, 2.05) is 0 Å². The molecular formula is C21H32O3S. The number of esters is 1. The Kier molecular flexibility index (Phi) is 9.23. The van der Waals surface area contributed by atoms with Gasteiger partial charge in [0.2, 0.25) is 0 Å². The van der Waals surface area contributed by atoms with Gasteiger partial charge in [-0.25, -0.2) is 0 Å². The molecule has 0 saturated heterocycles. The zero-order chi connectivity index (χ0) is 17.9. The van der Waals surface area contributed by atoms with Crippen LogP contribution in [-0.4, -0.2) is 24.9 Å². The summed E-state index contributed by atoms with van der Waals surface area (Å²) in [5, 5.41) is 0. The number of thiol groups is 1. The number of rotatable bonds is 10. The van der Waals surface area contributed by atoms with Gasteiger partial charge in [-0.3, -0.25) is 4.79 Å². The van der Waals surface area contributed by atoms with Gasteiger partial charge in [0, 0.05) is 12.2 Å². The molecule has 140 valence electrons. The highest BCUT2D eigenvalue weighted by atomic mass is 32.1. The average Bonchev–Trinajstić information content (AvgIpc) is 2.63. The van der Waals surface area contributed by atoms with Gasteiger partial charge in [-0.1, -0.05) is 31.9 Å². The molecule has 0 N–H and O–H groups in total. The molecule has 0 aliphatic heterocycles. The van der Waals surface area contributed by atoms with Gasteiger partial charge in [-0.2, -0.15) is 12.6 Å². The van der Waals surface area contributed by atoms with Crippen LogP contribution < -0.4 is 4.74 Å². The van der Waals surface area contributed by atoms with Crippen molar-refractivity contribution < 1.29 is 14.3 Å². The Hall–Kier alpha value is -1.16. The van der Waals surface area contributed by atoms with Crippen LogP contribution in [0, 0.1) is 5.92 Å². The number of hydrogen-bond donors (Lipinski definition) is 1. The first-order chi connectivity index (χ1) is 12.2. The number of carbonyl (C=O) groups is 1. The normalized spacial score (nSPS) is 20.2. The van der Waals surface area contributed by atoms with Crippen LogP contribution >= 0.6 is 12.6 Å². The van der Waals surface area contributed by atoms with Crippen molar-refractivity contribution in [3.05, 3.63) is 29.8 Å². The largest absolute Gasteiger partial charge is 0.493 e. The van der Waals surface area contributed by atoms with E-state index in [0.29, 0.717) is 37.7 Å². The molecule has 1 saturated carbocycles. The Balaban J connectivity index is 1.65. The first-order valence-electron chi connectivity index (χ1n) is 9.72. The Morgan fingerprint density at radius 3 is 2.48 bits per heavy atom. The maximum atomic E-state index is 11.2. The quantitative estimate of drug-likeness (QED) is 0.343. The molecule has 0 heterocycles. The fourth-order valence-electron chi connectivity index (χ4n) is 3.63. The van der Waals surface area contributed by atoms with Gasteiger partial charge in [0.25, 0.3) is 0 Å². The summed E-state index contributed by atoms with van der Waals surface area (Å²) in [5.74, 6) is 2.90. The maximum absolute atomic E-state index is 11.2. The summed E-state index contributed by atoms with van der Waals surface area (Å²) in [6, 6.07) is 8.57. The molecule has 1 fully saturated rings. The van der Waals surface area contributed by atoms with E-state index in [4.69, 9.17) is 9.47 Å². The Bertz CT molecular complexity index is 492. The molecular weight excluding hydrogens is 332 g/mol. The second kappa shape index (κ2) is 11.5. The van der Waals surface area contributed by atoms with Crippen LogP contribution in [0.2, 0.25) is 0 Å². The Labute approximate surface area is 157 Å². The molecule has 4 heteroatoms. The van der Waals surface area contributed by atoms with Crippen molar-refractivity contribution in [2.24, 2.45) is 5.92 Å². The van der Waals surface area contributed by atoms with Crippen LogP contribution in [0.5, 0.6) is 5.75 Å². The van der Waals surface area contributed by atoms with Crippen molar-refractivity contribution in [1.82, 2.24) is 0 Å². The van der Waals surface area contributed by atoms with Crippen LogP contribution in [0.15, 0.2) is 24.3 Å². The van der Waals surface area contributed by atoms with Gasteiger partial charge in [0.1, 0.15) is 5.75 Å². The number of benzene rings is 1. The number of carbonyl (C=O) groups excluding carboxylic acids is 1. The average molecular weight is 365 g/mol. The highest BCUT2D eigenvalue weighted by Crippen LogP contribution is 2.37. The minimum absolute atomic E-state index is 0.187. The van der Waals surface area contributed by atoms with E-state index < -0.39 is 0 Å². The maximum Gasteiger partial charge on any atom is 0.306 e. The lowest BCUT2D eigenvalue weighted by atomic mass is 9.77. The third-order valence-electron chi connectivity index (χ3n) is 5.03. The second-order valence-corrected chi connectivity index (χ2v) is 7.42. The molecule has 0 bridgehead atoms. The lowest BCUT2D eigenvalue weighted by Crippen LogP contribution is -2.13. The third-order valence-corrected chi connectivity index (χ3v) is 5.26. The molecule has 3 nitrogen and oxygen atoms in total. The van der Waals surface area contributed by atoms with Crippen LogP contribution in [-0.2, 0) is 9.53 Å². The lowest BCUT2D eigenvalue weighted by molar-refractivity contribution is -0.143. The van der Waals surface area contributed by atoms with Gasteiger partial charge in [0.05, 0.1) is 19.6 Å². The zero-order valence-corrected chi connectivity index (χ0v) is 16.3. The smallest absolute Gasteiger partial charge is 0.306 e. The molecule has 25 heavy (non-hydrogen) atoms. The summed E-state index contributed by atoms with van der Waals surface area (Å²) in [6.07, 6.45) is 9.18. The highest BCUT2D eigenvalue weighted by Gasteiger charge is 2.21. The second-order valence-electron chi connectivity index (χ2n) is 6.97. The predicted molar refractivity (Wildman–Crippen MR) is 106 cm³/mol. The van der Waals surface area contributed by atoms with Crippen molar-refractivity contribution in [3.63, 3.8) is 0 Å². The van der Waals surface area contributed by atoms with E-state index in [0.717, 1.165) is 11.7 Å². The van der Waals surface area contributed by atoms with E-state index >= 15 is 0 Å². The zero-order valence-electron chi connectivity index (χ0n) is 15.4. The molecule has 0 amide bonds. The van der Waals surface area contributed by atoms with Gasteiger partial charge in [0.15, 0.2) is 0 Å². The predicted octanol–water partition coefficient (Wildman–Crippen LogP) is 5.39. The molecule has 0 aromatic heterocycles. The minimum atomic E-state index is -0.187. The molecule has 0 atom stereocenters. The molecule has 1 aliphatic rings. The lowest BCUT2D eigenvalue weighted by Gasteiger charge is -2.28. The van der Waals surface area contributed by atoms with E-state index in [9.17, 15) is 4.79 Å². The summed E-state index contributed by atoms with van der Waals surface area (Å²) in [7, 11) is 0. The number of ether oxygens (including phenoxy) is 2. The van der Waals surface area contributed by atoms with Crippen molar-refractivity contribution in [1.29, 1.82) is 0 Å². The van der Waals surface area contributed by atoms with Crippen molar-refractivity contribution in [2.75, 3.05) is 19.0 Å². The summed E-state index contributed by atoms with van der Waals surface area (Å²) >= 11 is 4.01. The molecule has 1 aliphatic carbocycles. The molecule has 0 radical (unpaired) electrons. The van der Waals surface area contributed by atoms with Gasteiger partial charge in [-0.15, -0.1) is 0 Å². The van der Waals surface area contributed by atoms with Gasteiger partial charge < -0.3 is 9.47 Å². The fourth-order valence-corrected chi connectivity index (χ4v) is 3.81. The van der Waals surface area contributed by atoms with Crippen LogP contribution in [0.25, 0.3) is 0 Å². The first-order valence-corrected chi connectivity index (χ1v) is 10.4. The molecule has 1 aromatic rings. The van der Waals surface area contributed by atoms with E-state index in [1.54, 1.807) is 0 Å². The molecule has 2 rings (SSSR count). The van der Waals surface area contributed by atoms with Crippen LogP contribution in [0.1, 0.15) is 69.8 Å². The topological polar surface area (TPSA) is 35.5 Å². The van der Waals surface area contributed by atoms with Crippen molar-refractivity contribution >= 4 is 18.6 Å². The summed E-state index contributed by atoms with van der Waals surface area (Å²) < 4.78 is 10.8. The van der Waals surface area contributed by atoms with E-state index in [2.05, 4.69) is 43.8 Å². The summed E-state index contributed by atoms with van der Waals surface area (Å²) in [5.41, 5.74) is 1.45. The SMILES string of the molecule is CCC[C@H]1CC[C@H](c2ccc(OCCCOC(=O)CCS)cc2)CC1.